The van der Waals surface area contributed by atoms with E-state index in [0.717, 1.165) is 50.0 Å². The molecular weight excluding hydrogens is 558 g/mol. The van der Waals surface area contributed by atoms with Crippen LogP contribution < -0.4 is 4.74 Å². The molecule has 0 heterocycles. The van der Waals surface area contributed by atoms with Gasteiger partial charge in [0.05, 0.1) is 6.04 Å². The van der Waals surface area contributed by atoms with Gasteiger partial charge in [-0.1, -0.05) is 92.2 Å². The Balaban J connectivity index is 1.35. The molecule has 0 amide bonds. The molecule has 5 nitrogen and oxygen atoms in total. The maximum atomic E-state index is 11.3. The third-order valence-corrected chi connectivity index (χ3v) is 9.16. The molecule has 1 aliphatic rings. The standard InChI is InChI=1S/C40H47NO4/c1-4-5-10-30-16-20-33-21-24-35-32(19-15-29-11-7-6-8-12-29)13-9-14-36(35)39(37(33)27-30)41(2)25-26-45-34-22-17-31(18-23-34)28-38(44-3)40(42)43/h6-9,11-14,16-18,20,22-23,27,38-39H,4-5,10,15,19,21,24-26,28H2,1-3H3,(H,42,43). The van der Waals surface area contributed by atoms with E-state index in [4.69, 9.17) is 9.47 Å². The van der Waals surface area contributed by atoms with Crippen LogP contribution in [0.15, 0.2) is 91.0 Å². The number of rotatable bonds is 15. The normalized spacial score (nSPS) is 14.8. The SMILES string of the molecule is CCCCc1ccc2c(c1)C(N(C)CCOc1ccc(CC(OC)C(=O)O)cc1)c1cccc(CCc3ccccc3)c1CC2. The van der Waals surface area contributed by atoms with Crippen LogP contribution in [0.5, 0.6) is 5.75 Å². The van der Waals surface area contributed by atoms with Gasteiger partial charge >= 0.3 is 5.97 Å². The van der Waals surface area contributed by atoms with E-state index in [9.17, 15) is 9.90 Å². The van der Waals surface area contributed by atoms with E-state index < -0.39 is 12.1 Å². The molecule has 1 aliphatic carbocycles. The second kappa shape index (κ2) is 15.9. The van der Waals surface area contributed by atoms with Gasteiger partial charge in [0.1, 0.15) is 12.4 Å². The van der Waals surface area contributed by atoms with Crippen molar-refractivity contribution in [1.29, 1.82) is 0 Å². The van der Waals surface area contributed by atoms with E-state index in [1.54, 1.807) is 0 Å². The third-order valence-electron chi connectivity index (χ3n) is 9.16. The average Bonchev–Trinajstić information content (AvgIpc) is 3.23. The third kappa shape index (κ3) is 8.42. The summed E-state index contributed by atoms with van der Waals surface area (Å²) in [6.07, 6.45) is 7.17. The second-order valence-electron chi connectivity index (χ2n) is 12.2. The number of carbonyl (C=O) groups is 1. The minimum absolute atomic E-state index is 0.156. The first kappa shape index (κ1) is 32.5. The van der Waals surface area contributed by atoms with Crippen molar-refractivity contribution >= 4 is 5.97 Å². The van der Waals surface area contributed by atoms with E-state index in [0.29, 0.717) is 13.0 Å². The first-order valence-electron chi connectivity index (χ1n) is 16.4. The number of aliphatic carboxylic acids is 1. The number of benzene rings is 4. The molecule has 0 bridgehead atoms. The number of likely N-dealkylation sites (N-methyl/N-ethyl adjacent to an activating group) is 1. The van der Waals surface area contributed by atoms with Crippen LogP contribution in [0.1, 0.15) is 70.3 Å². The zero-order chi connectivity index (χ0) is 31.6. The number of carboxylic acids is 1. The number of nitrogens with zero attached hydrogens (tertiary/aromatic N) is 1. The fourth-order valence-corrected chi connectivity index (χ4v) is 6.58. The topological polar surface area (TPSA) is 59.0 Å². The smallest absolute Gasteiger partial charge is 0.333 e. The van der Waals surface area contributed by atoms with Crippen molar-refractivity contribution in [2.24, 2.45) is 0 Å². The lowest BCUT2D eigenvalue weighted by atomic mass is 9.88. The van der Waals surface area contributed by atoms with Gasteiger partial charge in [-0.3, -0.25) is 4.90 Å². The summed E-state index contributed by atoms with van der Waals surface area (Å²) in [5.41, 5.74) is 11.0. The fourth-order valence-electron chi connectivity index (χ4n) is 6.58. The lowest BCUT2D eigenvalue weighted by Gasteiger charge is -2.31. The van der Waals surface area contributed by atoms with Crippen LogP contribution in [0.2, 0.25) is 0 Å². The van der Waals surface area contributed by atoms with E-state index in [-0.39, 0.29) is 6.04 Å². The van der Waals surface area contributed by atoms with Crippen molar-refractivity contribution in [3.05, 3.63) is 136 Å². The quantitative estimate of drug-likeness (QED) is 0.151. The molecule has 0 radical (unpaired) electrons. The van der Waals surface area contributed by atoms with Crippen LogP contribution in [0.4, 0.5) is 0 Å². The summed E-state index contributed by atoms with van der Waals surface area (Å²) in [6.45, 7) is 3.58. The molecule has 5 rings (SSSR count). The molecule has 236 valence electrons. The molecule has 0 aliphatic heterocycles. The monoisotopic (exact) mass is 605 g/mol. The van der Waals surface area contributed by atoms with Crippen molar-refractivity contribution in [2.45, 2.75) is 70.4 Å². The van der Waals surface area contributed by atoms with Crippen molar-refractivity contribution in [3.8, 4) is 5.75 Å². The van der Waals surface area contributed by atoms with Crippen LogP contribution in [0.25, 0.3) is 0 Å². The summed E-state index contributed by atoms with van der Waals surface area (Å²) in [6, 6.07) is 32.8. The summed E-state index contributed by atoms with van der Waals surface area (Å²) in [4.78, 5) is 13.8. The molecular formula is C40H47NO4. The van der Waals surface area contributed by atoms with Gasteiger partial charge in [-0.25, -0.2) is 4.79 Å². The van der Waals surface area contributed by atoms with Crippen LogP contribution >= 0.6 is 0 Å². The molecule has 0 spiro atoms. The fraction of sp³-hybridized carbons (Fsp3) is 0.375. The number of fused-ring (bicyclic) bond motifs is 2. The number of aryl methyl sites for hydroxylation is 4. The van der Waals surface area contributed by atoms with Crippen molar-refractivity contribution in [3.63, 3.8) is 0 Å². The highest BCUT2D eigenvalue weighted by atomic mass is 16.5. The summed E-state index contributed by atoms with van der Waals surface area (Å²) in [5.74, 6) is -0.175. The molecule has 5 heteroatoms. The van der Waals surface area contributed by atoms with Gasteiger partial charge in [-0.05, 0) is 102 Å². The molecule has 45 heavy (non-hydrogen) atoms. The molecule has 2 unspecified atom stereocenters. The Morgan fingerprint density at radius 3 is 2.38 bits per heavy atom. The molecule has 4 aromatic rings. The summed E-state index contributed by atoms with van der Waals surface area (Å²) in [7, 11) is 3.65. The minimum atomic E-state index is -0.955. The molecule has 2 atom stereocenters. The summed E-state index contributed by atoms with van der Waals surface area (Å²) in [5, 5.41) is 9.29. The predicted molar refractivity (Wildman–Crippen MR) is 181 cm³/mol. The zero-order valence-electron chi connectivity index (χ0n) is 27.0. The molecule has 1 N–H and O–H groups in total. The second-order valence-corrected chi connectivity index (χ2v) is 12.2. The highest BCUT2D eigenvalue weighted by Gasteiger charge is 2.28. The Bertz CT molecular complexity index is 1530. The molecule has 0 fully saturated rings. The predicted octanol–water partition coefficient (Wildman–Crippen LogP) is 7.66. The summed E-state index contributed by atoms with van der Waals surface area (Å²) >= 11 is 0. The van der Waals surface area contributed by atoms with E-state index in [1.165, 1.54) is 58.9 Å². The van der Waals surface area contributed by atoms with Crippen molar-refractivity contribution in [2.75, 3.05) is 27.3 Å². The largest absolute Gasteiger partial charge is 0.492 e. The number of carboxylic acid groups (broad SMARTS) is 1. The summed E-state index contributed by atoms with van der Waals surface area (Å²) < 4.78 is 11.3. The van der Waals surface area contributed by atoms with Gasteiger partial charge in [0, 0.05) is 20.1 Å². The molecule has 0 saturated heterocycles. The van der Waals surface area contributed by atoms with E-state index in [1.807, 2.05) is 24.3 Å². The lowest BCUT2D eigenvalue weighted by molar-refractivity contribution is -0.148. The zero-order valence-corrected chi connectivity index (χ0v) is 27.0. The Morgan fingerprint density at radius 2 is 1.64 bits per heavy atom. The minimum Gasteiger partial charge on any atom is -0.492 e. The number of methoxy groups -OCH3 is 1. The number of hydrogen-bond donors (Lipinski definition) is 1. The van der Waals surface area contributed by atoms with Gasteiger partial charge in [-0.15, -0.1) is 0 Å². The number of ether oxygens (including phenoxy) is 2. The first-order chi connectivity index (χ1) is 22.0. The van der Waals surface area contributed by atoms with Crippen LogP contribution in [-0.4, -0.2) is 49.4 Å². The van der Waals surface area contributed by atoms with E-state index in [2.05, 4.69) is 85.6 Å². The molecule has 4 aromatic carbocycles. The Hall–Kier alpha value is -3.93. The first-order valence-corrected chi connectivity index (χ1v) is 16.4. The van der Waals surface area contributed by atoms with Gasteiger partial charge < -0.3 is 14.6 Å². The highest BCUT2D eigenvalue weighted by molar-refractivity contribution is 5.72. The Labute approximate surface area is 268 Å². The maximum absolute atomic E-state index is 11.3. The average molecular weight is 606 g/mol. The van der Waals surface area contributed by atoms with Crippen molar-refractivity contribution in [1.82, 2.24) is 4.90 Å². The van der Waals surface area contributed by atoms with Gasteiger partial charge in [-0.2, -0.15) is 0 Å². The maximum Gasteiger partial charge on any atom is 0.333 e. The van der Waals surface area contributed by atoms with Gasteiger partial charge in [0.15, 0.2) is 6.10 Å². The van der Waals surface area contributed by atoms with Crippen molar-refractivity contribution < 1.29 is 19.4 Å². The van der Waals surface area contributed by atoms with Gasteiger partial charge in [0.25, 0.3) is 0 Å². The Morgan fingerprint density at radius 1 is 0.867 bits per heavy atom. The van der Waals surface area contributed by atoms with Crippen LogP contribution in [-0.2, 0) is 48.1 Å². The Kier molecular flexibility index (Phi) is 11.5. The van der Waals surface area contributed by atoms with Gasteiger partial charge in [0.2, 0.25) is 0 Å². The highest BCUT2D eigenvalue weighted by Crippen LogP contribution is 2.38. The number of unbranched alkanes of at least 4 members (excludes halogenated alkanes) is 1. The van der Waals surface area contributed by atoms with E-state index >= 15 is 0 Å². The molecule has 0 saturated carbocycles. The van der Waals surface area contributed by atoms with Crippen LogP contribution in [0, 0.1) is 0 Å². The lowest BCUT2D eigenvalue weighted by Crippen LogP contribution is -2.30. The van der Waals surface area contributed by atoms with Crippen LogP contribution in [0.3, 0.4) is 0 Å². The number of hydrogen-bond acceptors (Lipinski definition) is 4. The molecule has 0 aromatic heterocycles.